The molecule has 102 valence electrons. The van der Waals surface area contributed by atoms with E-state index in [4.69, 9.17) is 10.5 Å². The maximum Gasteiger partial charge on any atom is 0.119 e. The fourth-order valence-electron chi connectivity index (χ4n) is 1.72. The number of nitrogens with zero attached hydrogens (tertiary/aromatic N) is 1. The van der Waals surface area contributed by atoms with E-state index in [2.05, 4.69) is 31.1 Å². The van der Waals surface area contributed by atoms with Gasteiger partial charge in [-0.1, -0.05) is 32.9 Å². The number of hydrogen-bond acceptors (Lipinski definition) is 4. The van der Waals surface area contributed by atoms with Crippen molar-refractivity contribution in [3.63, 3.8) is 0 Å². The molecule has 0 spiro atoms. The van der Waals surface area contributed by atoms with Crippen LogP contribution in [0, 0.1) is 5.41 Å². The standard InChI is InChI=1S/C15H20N2OS/c1-15(2,3)13(16)14-17-12(9-19-14)10-6-5-7-11(8-10)18-4/h5-9,13H,16H2,1-4H3. The predicted octanol–water partition coefficient (Wildman–Crippen LogP) is 3.86. The Hall–Kier alpha value is -1.39. The third-order valence-corrected chi connectivity index (χ3v) is 4.01. The van der Waals surface area contributed by atoms with Crippen LogP contribution in [-0.4, -0.2) is 12.1 Å². The Balaban J connectivity index is 2.30. The number of nitrogens with two attached hydrogens (primary N) is 1. The lowest BCUT2D eigenvalue weighted by atomic mass is 9.88. The highest BCUT2D eigenvalue weighted by atomic mass is 32.1. The molecule has 19 heavy (non-hydrogen) atoms. The average Bonchev–Trinajstić information content (AvgIpc) is 2.86. The summed E-state index contributed by atoms with van der Waals surface area (Å²) in [6.45, 7) is 6.39. The van der Waals surface area contributed by atoms with E-state index in [-0.39, 0.29) is 11.5 Å². The number of benzene rings is 1. The molecule has 0 bridgehead atoms. The van der Waals surface area contributed by atoms with Crippen LogP contribution < -0.4 is 10.5 Å². The highest BCUT2D eigenvalue weighted by Crippen LogP contribution is 2.34. The second kappa shape index (κ2) is 5.31. The number of hydrogen-bond donors (Lipinski definition) is 1. The van der Waals surface area contributed by atoms with Gasteiger partial charge in [0.15, 0.2) is 0 Å². The summed E-state index contributed by atoms with van der Waals surface area (Å²) < 4.78 is 5.24. The van der Waals surface area contributed by atoms with Crippen LogP contribution in [0.15, 0.2) is 29.6 Å². The lowest BCUT2D eigenvalue weighted by molar-refractivity contribution is 0.326. The van der Waals surface area contributed by atoms with E-state index in [1.165, 1.54) is 0 Å². The number of aromatic nitrogens is 1. The Morgan fingerprint density at radius 2 is 2.05 bits per heavy atom. The van der Waals surface area contributed by atoms with Gasteiger partial charge in [0.25, 0.3) is 0 Å². The van der Waals surface area contributed by atoms with Gasteiger partial charge in [-0.3, -0.25) is 0 Å². The molecule has 1 heterocycles. The number of methoxy groups -OCH3 is 1. The van der Waals surface area contributed by atoms with Crippen molar-refractivity contribution < 1.29 is 4.74 Å². The minimum Gasteiger partial charge on any atom is -0.497 e. The first-order chi connectivity index (χ1) is 8.91. The predicted molar refractivity (Wildman–Crippen MR) is 80.5 cm³/mol. The minimum absolute atomic E-state index is 0.0174. The summed E-state index contributed by atoms with van der Waals surface area (Å²) in [7, 11) is 1.67. The fourth-order valence-corrected chi connectivity index (χ4v) is 2.79. The van der Waals surface area contributed by atoms with Gasteiger partial charge >= 0.3 is 0 Å². The van der Waals surface area contributed by atoms with Crippen molar-refractivity contribution in [2.45, 2.75) is 26.8 Å². The summed E-state index contributed by atoms with van der Waals surface area (Å²) >= 11 is 1.62. The number of ether oxygens (including phenoxy) is 1. The molecule has 0 fully saturated rings. The molecule has 0 aliphatic carbocycles. The van der Waals surface area contributed by atoms with Crippen molar-refractivity contribution in [2.24, 2.45) is 11.1 Å². The molecule has 1 aromatic heterocycles. The zero-order chi connectivity index (χ0) is 14.0. The van der Waals surface area contributed by atoms with E-state index >= 15 is 0 Å². The molecule has 3 nitrogen and oxygen atoms in total. The molecule has 0 saturated carbocycles. The summed E-state index contributed by atoms with van der Waals surface area (Å²) in [6.07, 6.45) is 0. The Labute approximate surface area is 118 Å². The van der Waals surface area contributed by atoms with Gasteiger partial charge in [0.05, 0.1) is 18.8 Å². The minimum atomic E-state index is -0.0446. The molecule has 1 unspecified atom stereocenters. The molecule has 1 atom stereocenters. The molecule has 2 aromatic rings. The van der Waals surface area contributed by atoms with Crippen LogP contribution in [0.3, 0.4) is 0 Å². The van der Waals surface area contributed by atoms with Gasteiger partial charge in [-0.2, -0.15) is 0 Å². The van der Waals surface area contributed by atoms with Crippen LogP contribution in [0.5, 0.6) is 5.75 Å². The highest BCUT2D eigenvalue weighted by molar-refractivity contribution is 7.10. The molecular formula is C15H20N2OS. The van der Waals surface area contributed by atoms with Crippen LogP contribution >= 0.6 is 11.3 Å². The van der Waals surface area contributed by atoms with Gasteiger partial charge < -0.3 is 10.5 Å². The first kappa shape index (κ1) is 14.0. The van der Waals surface area contributed by atoms with E-state index in [0.717, 1.165) is 22.0 Å². The smallest absolute Gasteiger partial charge is 0.119 e. The lowest BCUT2D eigenvalue weighted by Gasteiger charge is -2.24. The molecular weight excluding hydrogens is 256 g/mol. The van der Waals surface area contributed by atoms with Crippen molar-refractivity contribution in [1.82, 2.24) is 4.98 Å². The summed E-state index contributed by atoms with van der Waals surface area (Å²) in [5.74, 6) is 0.840. The fraction of sp³-hybridized carbons (Fsp3) is 0.400. The summed E-state index contributed by atoms with van der Waals surface area (Å²) in [4.78, 5) is 4.66. The van der Waals surface area contributed by atoms with Crippen LogP contribution in [0.4, 0.5) is 0 Å². The van der Waals surface area contributed by atoms with Gasteiger partial charge in [-0.05, 0) is 17.5 Å². The quantitative estimate of drug-likeness (QED) is 0.926. The number of rotatable bonds is 3. The molecule has 0 saturated heterocycles. The van der Waals surface area contributed by atoms with Gasteiger partial charge in [0.1, 0.15) is 10.8 Å². The Morgan fingerprint density at radius 1 is 1.32 bits per heavy atom. The first-order valence-corrected chi connectivity index (χ1v) is 7.15. The van der Waals surface area contributed by atoms with Crippen molar-refractivity contribution in [3.8, 4) is 17.0 Å². The number of thiazole rings is 1. The molecule has 1 aromatic carbocycles. The largest absolute Gasteiger partial charge is 0.497 e. The lowest BCUT2D eigenvalue weighted by Crippen LogP contribution is -2.26. The summed E-state index contributed by atoms with van der Waals surface area (Å²) in [5.41, 5.74) is 8.28. The van der Waals surface area contributed by atoms with Gasteiger partial charge in [-0.25, -0.2) is 4.98 Å². The highest BCUT2D eigenvalue weighted by Gasteiger charge is 2.25. The van der Waals surface area contributed by atoms with E-state index in [1.807, 2.05) is 24.3 Å². The maximum absolute atomic E-state index is 6.24. The molecule has 0 aliphatic heterocycles. The Bertz CT molecular complexity index is 557. The third-order valence-electron chi connectivity index (χ3n) is 3.09. The zero-order valence-corrected chi connectivity index (χ0v) is 12.6. The second-order valence-electron chi connectivity index (χ2n) is 5.65. The van der Waals surface area contributed by atoms with Gasteiger partial charge in [-0.15, -0.1) is 11.3 Å². The average molecular weight is 276 g/mol. The first-order valence-electron chi connectivity index (χ1n) is 6.27. The normalized spacial score (nSPS) is 13.3. The summed E-state index contributed by atoms with van der Waals surface area (Å²) in [5, 5.41) is 3.03. The molecule has 2 N–H and O–H groups in total. The van der Waals surface area contributed by atoms with Crippen molar-refractivity contribution >= 4 is 11.3 Å². The zero-order valence-electron chi connectivity index (χ0n) is 11.8. The maximum atomic E-state index is 6.24. The van der Waals surface area contributed by atoms with Gasteiger partial charge in [0, 0.05) is 10.9 Å². The molecule has 0 amide bonds. The van der Waals surface area contributed by atoms with Crippen molar-refractivity contribution in [2.75, 3.05) is 7.11 Å². The summed E-state index contributed by atoms with van der Waals surface area (Å²) in [6, 6.07) is 7.87. The van der Waals surface area contributed by atoms with E-state index in [9.17, 15) is 0 Å². The van der Waals surface area contributed by atoms with Crippen molar-refractivity contribution in [3.05, 3.63) is 34.7 Å². The van der Waals surface area contributed by atoms with E-state index < -0.39 is 0 Å². The third kappa shape index (κ3) is 3.14. The molecule has 2 rings (SSSR count). The van der Waals surface area contributed by atoms with Crippen molar-refractivity contribution in [1.29, 1.82) is 0 Å². The Morgan fingerprint density at radius 3 is 2.68 bits per heavy atom. The topological polar surface area (TPSA) is 48.1 Å². The van der Waals surface area contributed by atoms with Gasteiger partial charge in [0.2, 0.25) is 0 Å². The van der Waals surface area contributed by atoms with E-state index in [0.29, 0.717) is 0 Å². The van der Waals surface area contributed by atoms with Crippen LogP contribution in [0.1, 0.15) is 31.8 Å². The Kier molecular flexibility index (Phi) is 3.92. The van der Waals surface area contributed by atoms with Crippen LogP contribution in [0.2, 0.25) is 0 Å². The molecule has 0 aliphatic rings. The van der Waals surface area contributed by atoms with Crippen LogP contribution in [0.25, 0.3) is 11.3 Å². The monoisotopic (exact) mass is 276 g/mol. The SMILES string of the molecule is COc1cccc(-c2csc(C(N)C(C)(C)C)n2)c1. The molecule has 0 radical (unpaired) electrons. The molecule has 4 heteroatoms. The van der Waals surface area contributed by atoms with E-state index in [1.54, 1.807) is 18.4 Å². The van der Waals surface area contributed by atoms with Crippen LogP contribution in [-0.2, 0) is 0 Å². The second-order valence-corrected chi connectivity index (χ2v) is 6.54.